The summed E-state index contributed by atoms with van der Waals surface area (Å²) in [6, 6.07) is 4.94. The van der Waals surface area contributed by atoms with Crippen LogP contribution in [0.2, 0.25) is 0 Å². The lowest BCUT2D eigenvalue weighted by Crippen LogP contribution is -2.12. The molecule has 0 fully saturated rings. The van der Waals surface area contributed by atoms with Crippen LogP contribution in [-0.2, 0) is 6.54 Å². The van der Waals surface area contributed by atoms with Crippen LogP contribution in [0.15, 0.2) is 24.4 Å². The second kappa shape index (κ2) is 5.05. The second-order valence-electron chi connectivity index (χ2n) is 3.87. The fraction of sp³-hybridized carbons (Fsp3) is 0.167. The van der Waals surface area contributed by atoms with Crippen LogP contribution in [0.5, 0.6) is 0 Å². The molecule has 0 radical (unpaired) electrons. The van der Waals surface area contributed by atoms with Crippen molar-refractivity contribution in [2.45, 2.75) is 13.5 Å². The smallest absolute Gasteiger partial charge is 0.248 e. The van der Waals surface area contributed by atoms with E-state index in [2.05, 4.69) is 10.3 Å². The zero-order valence-electron chi connectivity index (χ0n) is 9.93. The number of anilines is 2. The predicted molar refractivity (Wildman–Crippen MR) is 73.6 cm³/mol. The first-order valence-corrected chi connectivity index (χ1v) is 6.22. The normalized spacial score (nSPS) is 10.3. The third-order valence-electron chi connectivity index (χ3n) is 2.46. The van der Waals surface area contributed by atoms with E-state index in [1.807, 2.05) is 13.1 Å². The molecule has 0 spiro atoms. The van der Waals surface area contributed by atoms with Crippen molar-refractivity contribution in [2.24, 2.45) is 5.73 Å². The second-order valence-corrected chi connectivity index (χ2v) is 5.18. The lowest BCUT2D eigenvalue weighted by Gasteiger charge is -2.09. The van der Waals surface area contributed by atoms with E-state index in [0.29, 0.717) is 23.5 Å². The summed E-state index contributed by atoms with van der Waals surface area (Å²) in [7, 11) is 0. The summed E-state index contributed by atoms with van der Waals surface area (Å²) >= 11 is 1.62. The number of primary amides is 1. The minimum Gasteiger partial charge on any atom is -0.397 e. The Bertz CT molecular complexity index is 579. The zero-order valence-corrected chi connectivity index (χ0v) is 10.8. The molecule has 0 saturated heterocycles. The maximum absolute atomic E-state index is 11.1. The Balaban J connectivity index is 2.13. The van der Waals surface area contributed by atoms with Gasteiger partial charge in [0.2, 0.25) is 5.91 Å². The molecule has 18 heavy (non-hydrogen) atoms. The standard InChI is InChI=1S/C12H14N4OS/c1-7-15-5-9(18-7)6-16-11-4-8(12(14)17)2-3-10(11)13/h2-5,16H,6,13H2,1H3,(H2,14,17). The quantitative estimate of drug-likeness (QED) is 0.731. The number of aromatic nitrogens is 1. The number of hydrogen-bond donors (Lipinski definition) is 3. The maximum Gasteiger partial charge on any atom is 0.248 e. The molecule has 6 heteroatoms. The number of rotatable bonds is 4. The van der Waals surface area contributed by atoms with Crippen molar-refractivity contribution < 1.29 is 4.79 Å². The summed E-state index contributed by atoms with van der Waals surface area (Å²) in [5.41, 5.74) is 12.8. The van der Waals surface area contributed by atoms with Crippen LogP contribution in [-0.4, -0.2) is 10.9 Å². The summed E-state index contributed by atoms with van der Waals surface area (Å²) < 4.78 is 0. The van der Waals surface area contributed by atoms with Gasteiger partial charge >= 0.3 is 0 Å². The molecule has 5 N–H and O–H groups in total. The molecule has 1 aromatic heterocycles. The van der Waals surface area contributed by atoms with E-state index in [0.717, 1.165) is 9.88 Å². The monoisotopic (exact) mass is 262 g/mol. The van der Waals surface area contributed by atoms with Crippen LogP contribution < -0.4 is 16.8 Å². The van der Waals surface area contributed by atoms with Gasteiger partial charge < -0.3 is 16.8 Å². The zero-order chi connectivity index (χ0) is 13.1. The number of hydrogen-bond acceptors (Lipinski definition) is 5. The Labute approximate surface area is 109 Å². The van der Waals surface area contributed by atoms with E-state index in [1.54, 1.807) is 29.5 Å². The Morgan fingerprint density at radius 3 is 2.89 bits per heavy atom. The minimum atomic E-state index is -0.466. The molecular weight excluding hydrogens is 248 g/mol. The molecule has 0 aliphatic rings. The number of thiazole rings is 1. The van der Waals surface area contributed by atoms with Crippen molar-refractivity contribution in [1.82, 2.24) is 4.98 Å². The van der Waals surface area contributed by atoms with Crippen molar-refractivity contribution in [3.05, 3.63) is 39.8 Å². The summed E-state index contributed by atoms with van der Waals surface area (Å²) in [6.45, 7) is 2.58. The molecule has 0 saturated carbocycles. The fourth-order valence-electron chi connectivity index (χ4n) is 1.53. The Hall–Kier alpha value is -2.08. The molecule has 0 aliphatic heterocycles. The summed E-state index contributed by atoms with van der Waals surface area (Å²) in [4.78, 5) is 16.4. The van der Waals surface area contributed by atoms with Gasteiger partial charge in [0.05, 0.1) is 22.9 Å². The Morgan fingerprint density at radius 2 is 2.28 bits per heavy atom. The number of nitrogens with one attached hydrogen (secondary N) is 1. The molecule has 0 unspecified atom stereocenters. The first-order chi connectivity index (χ1) is 8.56. The number of benzene rings is 1. The van der Waals surface area contributed by atoms with Gasteiger partial charge in [0.1, 0.15) is 0 Å². The summed E-state index contributed by atoms with van der Waals surface area (Å²) in [5, 5.41) is 4.19. The van der Waals surface area contributed by atoms with Gasteiger partial charge in [-0.3, -0.25) is 4.79 Å². The van der Waals surface area contributed by atoms with Crippen molar-refractivity contribution >= 4 is 28.6 Å². The number of nitrogens with zero attached hydrogens (tertiary/aromatic N) is 1. The van der Waals surface area contributed by atoms with E-state index < -0.39 is 5.91 Å². The molecule has 1 amide bonds. The molecule has 5 nitrogen and oxygen atoms in total. The third kappa shape index (κ3) is 2.78. The molecule has 0 aliphatic carbocycles. The van der Waals surface area contributed by atoms with Crippen LogP contribution in [0.1, 0.15) is 20.2 Å². The average Bonchev–Trinajstić information content (AvgIpc) is 2.74. The van der Waals surface area contributed by atoms with E-state index >= 15 is 0 Å². The predicted octanol–water partition coefficient (Wildman–Crippen LogP) is 1.74. The van der Waals surface area contributed by atoms with Crippen LogP contribution in [0.25, 0.3) is 0 Å². The van der Waals surface area contributed by atoms with Gasteiger partial charge in [-0.2, -0.15) is 0 Å². The highest BCUT2D eigenvalue weighted by Crippen LogP contribution is 2.21. The van der Waals surface area contributed by atoms with E-state index in [-0.39, 0.29) is 0 Å². The number of carbonyl (C=O) groups excluding carboxylic acids is 1. The SMILES string of the molecule is Cc1ncc(CNc2cc(C(N)=O)ccc2N)s1. The van der Waals surface area contributed by atoms with Gasteiger partial charge in [-0.1, -0.05) is 0 Å². The number of amides is 1. The first kappa shape index (κ1) is 12.4. The number of aryl methyl sites for hydroxylation is 1. The highest BCUT2D eigenvalue weighted by molar-refractivity contribution is 7.11. The molecular formula is C12H14N4OS. The van der Waals surface area contributed by atoms with Crippen molar-refractivity contribution in [2.75, 3.05) is 11.1 Å². The van der Waals surface area contributed by atoms with Gasteiger partial charge in [0.25, 0.3) is 0 Å². The third-order valence-corrected chi connectivity index (χ3v) is 3.37. The van der Waals surface area contributed by atoms with Gasteiger partial charge in [0, 0.05) is 16.6 Å². The number of nitrogen functional groups attached to an aromatic ring is 1. The Kier molecular flexibility index (Phi) is 3.47. The topological polar surface area (TPSA) is 94.0 Å². The highest BCUT2D eigenvalue weighted by atomic mass is 32.1. The van der Waals surface area contributed by atoms with E-state index in [4.69, 9.17) is 11.5 Å². The number of carbonyl (C=O) groups is 1. The van der Waals surface area contributed by atoms with Crippen molar-refractivity contribution in [1.29, 1.82) is 0 Å². The molecule has 0 bridgehead atoms. The molecule has 94 valence electrons. The summed E-state index contributed by atoms with van der Waals surface area (Å²) in [5.74, 6) is -0.466. The van der Waals surface area contributed by atoms with Gasteiger partial charge in [-0.05, 0) is 25.1 Å². The molecule has 2 rings (SSSR count). The van der Waals surface area contributed by atoms with Crippen LogP contribution in [0.4, 0.5) is 11.4 Å². The van der Waals surface area contributed by atoms with Crippen LogP contribution >= 0.6 is 11.3 Å². The molecule has 1 aromatic carbocycles. The lowest BCUT2D eigenvalue weighted by atomic mass is 10.1. The Morgan fingerprint density at radius 1 is 1.50 bits per heavy atom. The van der Waals surface area contributed by atoms with Gasteiger partial charge in [-0.25, -0.2) is 4.98 Å². The van der Waals surface area contributed by atoms with Crippen LogP contribution in [0.3, 0.4) is 0 Å². The minimum absolute atomic E-state index is 0.437. The molecule has 0 atom stereocenters. The maximum atomic E-state index is 11.1. The molecule has 1 heterocycles. The lowest BCUT2D eigenvalue weighted by molar-refractivity contribution is 0.100. The largest absolute Gasteiger partial charge is 0.397 e. The van der Waals surface area contributed by atoms with Crippen molar-refractivity contribution in [3.8, 4) is 0 Å². The molecule has 2 aromatic rings. The number of nitrogens with two attached hydrogens (primary N) is 2. The average molecular weight is 262 g/mol. The van der Waals surface area contributed by atoms with Crippen LogP contribution in [0, 0.1) is 6.92 Å². The first-order valence-electron chi connectivity index (χ1n) is 5.41. The highest BCUT2D eigenvalue weighted by Gasteiger charge is 2.05. The van der Waals surface area contributed by atoms with Gasteiger partial charge in [-0.15, -0.1) is 11.3 Å². The van der Waals surface area contributed by atoms with Gasteiger partial charge in [0.15, 0.2) is 0 Å². The van der Waals surface area contributed by atoms with E-state index in [9.17, 15) is 4.79 Å². The fourth-order valence-corrected chi connectivity index (χ4v) is 2.27. The van der Waals surface area contributed by atoms with Crippen molar-refractivity contribution in [3.63, 3.8) is 0 Å². The summed E-state index contributed by atoms with van der Waals surface area (Å²) in [6.07, 6.45) is 1.82. The van der Waals surface area contributed by atoms with E-state index in [1.165, 1.54) is 0 Å².